The Morgan fingerprint density at radius 2 is 1.86 bits per heavy atom. The molecule has 22 heavy (non-hydrogen) atoms. The summed E-state index contributed by atoms with van der Waals surface area (Å²) < 4.78 is 28.2. The van der Waals surface area contributed by atoms with Gasteiger partial charge in [-0.2, -0.15) is 0 Å². The number of hydrogen-bond acceptors (Lipinski definition) is 2. The number of carboxylic acid groups (broad SMARTS) is 1. The van der Waals surface area contributed by atoms with E-state index in [-0.39, 0.29) is 12.1 Å². The van der Waals surface area contributed by atoms with Crippen molar-refractivity contribution in [2.45, 2.75) is 31.6 Å². The van der Waals surface area contributed by atoms with Crippen LogP contribution in [-0.2, 0) is 15.0 Å². The van der Waals surface area contributed by atoms with Crippen LogP contribution in [0, 0.1) is 17.6 Å². The van der Waals surface area contributed by atoms with Gasteiger partial charge in [0, 0.05) is 19.2 Å². The maximum Gasteiger partial charge on any atom is 0.308 e. The number of benzene rings is 1. The van der Waals surface area contributed by atoms with E-state index in [2.05, 4.69) is 0 Å². The van der Waals surface area contributed by atoms with Crippen molar-refractivity contribution in [3.63, 3.8) is 0 Å². The first-order valence-electron chi connectivity index (χ1n) is 7.22. The van der Waals surface area contributed by atoms with Gasteiger partial charge < -0.3 is 10.0 Å². The normalized spacial score (nSPS) is 17.5. The summed E-state index contributed by atoms with van der Waals surface area (Å²) in [6, 6.07) is 3.55. The molecular formula is C16H19F2NO3. The van der Waals surface area contributed by atoms with Crippen LogP contribution in [0.15, 0.2) is 18.2 Å². The largest absolute Gasteiger partial charge is 0.481 e. The lowest BCUT2D eigenvalue weighted by atomic mass is 9.63. The number of carboxylic acids is 1. The molecule has 0 aliphatic heterocycles. The van der Waals surface area contributed by atoms with Crippen molar-refractivity contribution in [3.05, 3.63) is 35.4 Å². The van der Waals surface area contributed by atoms with Gasteiger partial charge in [0.2, 0.25) is 5.91 Å². The lowest BCUT2D eigenvalue weighted by Crippen LogP contribution is -2.52. The first-order valence-corrected chi connectivity index (χ1v) is 7.22. The quantitative estimate of drug-likeness (QED) is 0.909. The highest BCUT2D eigenvalue weighted by Crippen LogP contribution is 2.47. The fourth-order valence-electron chi connectivity index (χ4n) is 2.99. The molecule has 1 aromatic carbocycles. The Labute approximate surface area is 127 Å². The van der Waals surface area contributed by atoms with Gasteiger partial charge >= 0.3 is 5.97 Å². The van der Waals surface area contributed by atoms with Gasteiger partial charge in [-0.15, -0.1) is 0 Å². The van der Waals surface area contributed by atoms with Gasteiger partial charge in [-0.05, 0) is 25.0 Å². The molecule has 0 aromatic heterocycles. The smallest absolute Gasteiger partial charge is 0.308 e. The fraction of sp³-hybridized carbons (Fsp3) is 0.500. The van der Waals surface area contributed by atoms with E-state index in [1.54, 1.807) is 0 Å². The zero-order valence-corrected chi connectivity index (χ0v) is 12.6. The molecule has 0 radical (unpaired) electrons. The monoisotopic (exact) mass is 311 g/mol. The summed E-state index contributed by atoms with van der Waals surface area (Å²) in [6.45, 7) is 1.50. The van der Waals surface area contributed by atoms with Crippen LogP contribution in [-0.4, -0.2) is 35.5 Å². The molecule has 6 heteroatoms. The molecular weight excluding hydrogens is 292 g/mol. The first kappa shape index (κ1) is 16.4. The summed E-state index contributed by atoms with van der Waals surface area (Å²) in [5.74, 6) is -3.63. The van der Waals surface area contributed by atoms with Crippen LogP contribution < -0.4 is 0 Å². The number of rotatable bonds is 5. The summed E-state index contributed by atoms with van der Waals surface area (Å²) in [7, 11) is 1.47. The van der Waals surface area contributed by atoms with Gasteiger partial charge in [0.25, 0.3) is 0 Å². The second-order valence-electron chi connectivity index (χ2n) is 5.96. The number of aliphatic carboxylic acids is 1. The van der Waals surface area contributed by atoms with E-state index in [1.807, 2.05) is 0 Å². The Balaban J connectivity index is 2.31. The van der Waals surface area contributed by atoms with Crippen molar-refractivity contribution < 1.29 is 23.5 Å². The van der Waals surface area contributed by atoms with Crippen molar-refractivity contribution in [2.75, 3.05) is 13.6 Å². The van der Waals surface area contributed by atoms with Crippen LogP contribution in [0.2, 0.25) is 0 Å². The maximum absolute atomic E-state index is 14.1. The Kier molecular flexibility index (Phi) is 4.49. The molecule has 1 atom stereocenters. The van der Waals surface area contributed by atoms with Crippen LogP contribution in [0.5, 0.6) is 0 Å². The minimum absolute atomic E-state index is 0.00594. The number of hydrogen-bond donors (Lipinski definition) is 1. The third kappa shape index (κ3) is 2.69. The van der Waals surface area contributed by atoms with Crippen LogP contribution in [0.25, 0.3) is 0 Å². The van der Waals surface area contributed by atoms with Crippen molar-refractivity contribution in [1.82, 2.24) is 4.90 Å². The summed E-state index contributed by atoms with van der Waals surface area (Å²) in [4.78, 5) is 24.9. The van der Waals surface area contributed by atoms with E-state index in [0.717, 1.165) is 12.1 Å². The van der Waals surface area contributed by atoms with Crippen LogP contribution >= 0.6 is 0 Å². The standard InChI is InChI=1S/C16H19F2NO3/c1-10(14(20)21)9-19(2)15(22)16(7-4-8-16)13-11(17)5-3-6-12(13)18/h3,5-6,10H,4,7-9H2,1-2H3,(H,20,21). The molecule has 1 aliphatic rings. The van der Waals surface area contributed by atoms with E-state index in [9.17, 15) is 18.4 Å². The predicted molar refractivity (Wildman–Crippen MR) is 76.3 cm³/mol. The zero-order valence-electron chi connectivity index (χ0n) is 12.6. The van der Waals surface area contributed by atoms with Gasteiger partial charge in [0.15, 0.2) is 0 Å². The van der Waals surface area contributed by atoms with E-state index >= 15 is 0 Å². The highest BCUT2D eigenvalue weighted by atomic mass is 19.1. The fourth-order valence-corrected chi connectivity index (χ4v) is 2.99. The molecule has 2 rings (SSSR count). The highest BCUT2D eigenvalue weighted by molar-refractivity contribution is 5.89. The molecule has 1 N–H and O–H groups in total. The summed E-state index contributed by atoms with van der Waals surface area (Å²) in [6.07, 6.45) is 1.45. The van der Waals surface area contributed by atoms with Crippen LogP contribution in [0.1, 0.15) is 31.7 Å². The summed E-state index contributed by atoms with van der Waals surface area (Å²) in [5, 5.41) is 8.93. The first-order chi connectivity index (χ1) is 10.3. The van der Waals surface area contributed by atoms with Crippen LogP contribution in [0.4, 0.5) is 8.78 Å². The molecule has 1 saturated carbocycles. The Morgan fingerprint density at radius 3 is 2.27 bits per heavy atom. The van der Waals surface area contributed by atoms with E-state index in [4.69, 9.17) is 5.11 Å². The third-order valence-electron chi connectivity index (χ3n) is 4.37. The van der Waals surface area contributed by atoms with E-state index in [0.29, 0.717) is 19.3 Å². The van der Waals surface area contributed by atoms with Gasteiger partial charge in [-0.3, -0.25) is 9.59 Å². The molecule has 1 amide bonds. The minimum atomic E-state index is -1.21. The zero-order chi connectivity index (χ0) is 16.5. The van der Waals surface area contributed by atoms with Gasteiger partial charge in [0.05, 0.1) is 11.3 Å². The number of nitrogens with zero attached hydrogens (tertiary/aromatic N) is 1. The second kappa shape index (κ2) is 6.02. The van der Waals surface area contributed by atoms with Crippen molar-refractivity contribution in [2.24, 2.45) is 5.92 Å². The number of carbonyl (C=O) groups is 2. The molecule has 0 spiro atoms. The topological polar surface area (TPSA) is 57.6 Å². The van der Waals surface area contributed by atoms with Crippen molar-refractivity contribution >= 4 is 11.9 Å². The van der Waals surface area contributed by atoms with Crippen molar-refractivity contribution in [1.29, 1.82) is 0 Å². The number of likely N-dealkylation sites (N-methyl/N-ethyl adjacent to an activating group) is 1. The lowest BCUT2D eigenvalue weighted by molar-refractivity contribution is -0.145. The average Bonchev–Trinajstić information content (AvgIpc) is 2.40. The Hall–Kier alpha value is -1.98. The molecule has 0 heterocycles. The third-order valence-corrected chi connectivity index (χ3v) is 4.37. The Morgan fingerprint density at radius 1 is 1.32 bits per heavy atom. The molecule has 1 aromatic rings. The molecule has 1 aliphatic carbocycles. The van der Waals surface area contributed by atoms with E-state index in [1.165, 1.54) is 24.9 Å². The van der Waals surface area contributed by atoms with E-state index < -0.39 is 34.8 Å². The molecule has 0 bridgehead atoms. The molecule has 1 fully saturated rings. The second-order valence-corrected chi connectivity index (χ2v) is 5.96. The number of amides is 1. The van der Waals surface area contributed by atoms with Gasteiger partial charge in [-0.25, -0.2) is 8.78 Å². The average molecular weight is 311 g/mol. The molecule has 120 valence electrons. The number of halogens is 2. The summed E-state index contributed by atoms with van der Waals surface area (Å²) >= 11 is 0. The molecule has 1 unspecified atom stereocenters. The van der Waals surface area contributed by atoms with Crippen molar-refractivity contribution in [3.8, 4) is 0 Å². The van der Waals surface area contributed by atoms with Gasteiger partial charge in [0.1, 0.15) is 11.6 Å². The maximum atomic E-state index is 14.1. The predicted octanol–water partition coefficient (Wildman–Crippen LogP) is 2.57. The minimum Gasteiger partial charge on any atom is -0.481 e. The Bertz CT molecular complexity index is 579. The van der Waals surface area contributed by atoms with Crippen LogP contribution in [0.3, 0.4) is 0 Å². The number of carbonyl (C=O) groups excluding carboxylic acids is 1. The summed E-state index contributed by atoms with van der Waals surface area (Å²) in [5.41, 5.74) is -1.40. The van der Waals surface area contributed by atoms with Gasteiger partial charge in [-0.1, -0.05) is 19.4 Å². The lowest BCUT2D eigenvalue weighted by Gasteiger charge is -2.43. The highest BCUT2D eigenvalue weighted by Gasteiger charge is 2.50. The molecule has 4 nitrogen and oxygen atoms in total. The SMILES string of the molecule is CC(CN(C)C(=O)C1(c2c(F)cccc2F)CCC1)C(=O)O. The molecule has 0 saturated heterocycles.